The molecule has 0 bridgehead atoms. The van der Waals surface area contributed by atoms with E-state index in [1.54, 1.807) is 24.3 Å². The van der Waals surface area contributed by atoms with E-state index in [1.165, 1.54) is 0 Å². The van der Waals surface area contributed by atoms with Gasteiger partial charge in [0.2, 0.25) is 5.91 Å². The molecule has 3 N–H and O–H groups in total. The van der Waals surface area contributed by atoms with E-state index in [1.807, 2.05) is 38.1 Å². The second-order valence-corrected chi connectivity index (χ2v) is 7.55. The van der Waals surface area contributed by atoms with Crippen molar-refractivity contribution in [3.05, 3.63) is 54.1 Å². The minimum absolute atomic E-state index is 0.0578. The Balaban J connectivity index is 1.53. The number of carbonyl (C=O) groups excluding carboxylic acids is 2. The lowest BCUT2D eigenvalue weighted by atomic mass is 10.1. The molecule has 160 valence electrons. The fourth-order valence-corrected chi connectivity index (χ4v) is 3.15. The maximum Gasteiger partial charge on any atom is 0.251 e. The fraction of sp³-hybridized carbons (Fsp3) is 0.391. The molecule has 0 radical (unpaired) electrons. The van der Waals surface area contributed by atoms with Crippen LogP contribution in [0.4, 0.5) is 11.4 Å². The van der Waals surface area contributed by atoms with Gasteiger partial charge in [0.05, 0.1) is 18.3 Å². The van der Waals surface area contributed by atoms with Gasteiger partial charge in [-0.3, -0.25) is 9.59 Å². The van der Waals surface area contributed by atoms with Crippen LogP contribution < -0.4 is 20.7 Å². The normalized spacial score (nSPS) is 15.6. The highest BCUT2D eigenvalue weighted by molar-refractivity contribution is 5.96. The van der Waals surface area contributed by atoms with E-state index in [2.05, 4.69) is 16.0 Å². The van der Waals surface area contributed by atoms with Crippen LogP contribution in [0.1, 0.15) is 37.0 Å². The van der Waals surface area contributed by atoms with Crippen LogP contribution in [0.25, 0.3) is 0 Å². The maximum atomic E-state index is 12.4. The largest absolute Gasteiger partial charge is 0.489 e. The van der Waals surface area contributed by atoms with E-state index in [-0.39, 0.29) is 30.5 Å². The first-order valence-corrected chi connectivity index (χ1v) is 10.3. The van der Waals surface area contributed by atoms with E-state index < -0.39 is 0 Å². The molecule has 2 amide bonds. The van der Waals surface area contributed by atoms with E-state index >= 15 is 0 Å². The number of amides is 2. The first kappa shape index (κ1) is 21.6. The van der Waals surface area contributed by atoms with Crippen LogP contribution in [0.2, 0.25) is 0 Å². The van der Waals surface area contributed by atoms with Crippen molar-refractivity contribution in [1.82, 2.24) is 5.32 Å². The summed E-state index contributed by atoms with van der Waals surface area (Å²) < 4.78 is 11.4. The third-order valence-electron chi connectivity index (χ3n) is 4.61. The Morgan fingerprint density at radius 3 is 2.77 bits per heavy atom. The second-order valence-electron chi connectivity index (χ2n) is 7.55. The number of rotatable bonds is 9. The number of anilines is 2. The summed E-state index contributed by atoms with van der Waals surface area (Å²) >= 11 is 0. The molecule has 2 aromatic rings. The van der Waals surface area contributed by atoms with Crippen LogP contribution in [0.3, 0.4) is 0 Å². The number of nitrogens with one attached hydrogen (secondary N) is 3. The van der Waals surface area contributed by atoms with Gasteiger partial charge < -0.3 is 25.4 Å². The first-order valence-electron chi connectivity index (χ1n) is 10.3. The molecule has 1 saturated heterocycles. The van der Waals surface area contributed by atoms with Crippen molar-refractivity contribution < 1.29 is 19.1 Å². The number of benzene rings is 2. The molecular weight excluding hydrogens is 382 g/mol. The summed E-state index contributed by atoms with van der Waals surface area (Å²) in [7, 11) is 0. The summed E-state index contributed by atoms with van der Waals surface area (Å²) in [5.41, 5.74) is 1.86. The second kappa shape index (κ2) is 10.6. The van der Waals surface area contributed by atoms with Crippen molar-refractivity contribution in [3.63, 3.8) is 0 Å². The molecule has 1 fully saturated rings. The molecule has 1 atom stereocenters. The molecular formula is C23H29N3O4. The third kappa shape index (κ3) is 6.49. The van der Waals surface area contributed by atoms with Crippen LogP contribution in [0.5, 0.6) is 5.75 Å². The zero-order valence-electron chi connectivity index (χ0n) is 17.4. The van der Waals surface area contributed by atoms with Gasteiger partial charge in [-0.25, -0.2) is 0 Å². The lowest BCUT2D eigenvalue weighted by Gasteiger charge is -2.15. The van der Waals surface area contributed by atoms with Gasteiger partial charge in [-0.05, 0) is 57.0 Å². The Labute approximate surface area is 177 Å². The van der Waals surface area contributed by atoms with E-state index in [4.69, 9.17) is 9.47 Å². The van der Waals surface area contributed by atoms with E-state index in [0.29, 0.717) is 29.3 Å². The predicted molar refractivity (Wildman–Crippen MR) is 117 cm³/mol. The molecule has 30 heavy (non-hydrogen) atoms. The van der Waals surface area contributed by atoms with Gasteiger partial charge in [0.25, 0.3) is 5.91 Å². The molecule has 0 aliphatic carbocycles. The van der Waals surface area contributed by atoms with E-state index in [0.717, 1.165) is 19.4 Å². The molecule has 2 aromatic carbocycles. The highest BCUT2D eigenvalue weighted by Gasteiger charge is 2.17. The molecule has 1 aliphatic rings. The summed E-state index contributed by atoms with van der Waals surface area (Å²) in [5, 5.41) is 8.78. The van der Waals surface area contributed by atoms with Gasteiger partial charge in [-0.2, -0.15) is 0 Å². The number of para-hydroxylation sites is 2. The highest BCUT2D eigenvalue weighted by Crippen LogP contribution is 2.25. The van der Waals surface area contributed by atoms with Gasteiger partial charge in [-0.15, -0.1) is 0 Å². The van der Waals surface area contributed by atoms with Gasteiger partial charge >= 0.3 is 0 Å². The van der Waals surface area contributed by atoms with Crippen molar-refractivity contribution in [2.24, 2.45) is 0 Å². The third-order valence-corrected chi connectivity index (χ3v) is 4.61. The van der Waals surface area contributed by atoms with Crippen molar-refractivity contribution in [2.45, 2.75) is 38.8 Å². The number of carbonyl (C=O) groups is 2. The lowest BCUT2D eigenvalue weighted by molar-refractivity contribution is -0.114. The molecule has 3 rings (SSSR count). The van der Waals surface area contributed by atoms with Crippen LogP contribution in [-0.2, 0) is 9.53 Å². The molecule has 1 aliphatic heterocycles. The zero-order valence-corrected chi connectivity index (χ0v) is 17.4. The maximum absolute atomic E-state index is 12.4. The molecule has 0 spiro atoms. The van der Waals surface area contributed by atoms with Gasteiger partial charge in [0.15, 0.2) is 0 Å². The van der Waals surface area contributed by atoms with Crippen LogP contribution in [0, 0.1) is 0 Å². The Morgan fingerprint density at radius 1 is 1.17 bits per heavy atom. The first-order chi connectivity index (χ1) is 14.5. The van der Waals surface area contributed by atoms with Crippen molar-refractivity contribution >= 4 is 23.2 Å². The average molecular weight is 412 g/mol. The molecule has 1 heterocycles. The summed E-state index contributed by atoms with van der Waals surface area (Å²) in [6, 6.07) is 14.5. The Hall–Kier alpha value is -3.06. The van der Waals surface area contributed by atoms with Gasteiger partial charge in [-0.1, -0.05) is 18.2 Å². The Bertz CT molecular complexity index is 863. The molecule has 7 heteroatoms. The smallest absolute Gasteiger partial charge is 0.251 e. The summed E-state index contributed by atoms with van der Waals surface area (Å²) in [5.74, 6) is 0.268. The summed E-state index contributed by atoms with van der Waals surface area (Å²) in [6.07, 6.45) is 2.15. The van der Waals surface area contributed by atoms with Crippen LogP contribution >= 0.6 is 0 Å². The molecule has 0 saturated carbocycles. The summed E-state index contributed by atoms with van der Waals surface area (Å²) in [6.45, 7) is 5.13. The average Bonchev–Trinajstić information content (AvgIpc) is 3.25. The predicted octanol–water partition coefficient (Wildman–Crippen LogP) is 3.43. The highest BCUT2D eigenvalue weighted by atomic mass is 16.5. The van der Waals surface area contributed by atoms with Crippen molar-refractivity contribution in [1.29, 1.82) is 0 Å². The SMILES string of the molecule is CC(C)NC(=O)c1cccc(NCC(=O)Nc2ccccc2OCC2CCCO2)c1. The van der Waals surface area contributed by atoms with E-state index in [9.17, 15) is 9.59 Å². The monoisotopic (exact) mass is 411 g/mol. The Kier molecular flexibility index (Phi) is 7.68. The number of ether oxygens (including phenoxy) is 2. The molecule has 1 unspecified atom stereocenters. The minimum atomic E-state index is -0.208. The summed E-state index contributed by atoms with van der Waals surface area (Å²) in [4.78, 5) is 24.6. The number of hydrogen-bond donors (Lipinski definition) is 3. The lowest BCUT2D eigenvalue weighted by Crippen LogP contribution is -2.30. The standard InChI is InChI=1S/C23H29N3O4/c1-16(2)25-23(28)17-7-5-8-18(13-17)24-14-22(27)26-20-10-3-4-11-21(20)30-15-19-9-6-12-29-19/h3-5,7-8,10-11,13,16,19,24H,6,9,12,14-15H2,1-2H3,(H,25,28)(H,26,27). The number of hydrogen-bond acceptors (Lipinski definition) is 5. The van der Waals surface area contributed by atoms with Crippen molar-refractivity contribution in [3.8, 4) is 5.75 Å². The van der Waals surface area contributed by atoms with Crippen LogP contribution in [0.15, 0.2) is 48.5 Å². The minimum Gasteiger partial charge on any atom is -0.489 e. The van der Waals surface area contributed by atoms with Gasteiger partial charge in [0, 0.05) is 23.9 Å². The van der Waals surface area contributed by atoms with Gasteiger partial charge in [0.1, 0.15) is 12.4 Å². The molecule has 0 aromatic heterocycles. The molecule has 7 nitrogen and oxygen atoms in total. The van der Waals surface area contributed by atoms with Crippen molar-refractivity contribution in [2.75, 3.05) is 30.4 Å². The zero-order chi connectivity index (χ0) is 21.3. The topological polar surface area (TPSA) is 88.7 Å². The Morgan fingerprint density at radius 2 is 2.00 bits per heavy atom. The quantitative estimate of drug-likeness (QED) is 0.588. The van der Waals surface area contributed by atoms with Crippen LogP contribution in [-0.4, -0.2) is 43.7 Å². The fourth-order valence-electron chi connectivity index (χ4n) is 3.15.